The lowest BCUT2D eigenvalue weighted by molar-refractivity contribution is 0.0504. The highest BCUT2D eigenvalue weighted by molar-refractivity contribution is 4.96. The van der Waals surface area contributed by atoms with E-state index in [-0.39, 0.29) is 12.8 Å². The van der Waals surface area contributed by atoms with Crippen LogP contribution in [0.15, 0.2) is 22.8 Å². The Morgan fingerprint density at radius 1 is 1.38 bits per heavy atom. The van der Waals surface area contributed by atoms with Crippen molar-refractivity contribution in [3.8, 4) is 0 Å². The second kappa shape index (κ2) is 5.07. The standard InChI is InChI=1S/C10H16O2.CH4/c1-10(2,3)8-11-7-9-5-4-6-12-9;/h4-6H,7-8H2,1-3H3;1H4. The molecule has 1 aromatic rings. The quantitative estimate of drug-likeness (QED) is 0.717. The third-order valence-electron chi connectivity index (χ3n) is 1.36. The fourth-order valence-electron chi connectivity index (χ4n) is 0.853. The largest absolute Gasteiger partial charge is 0.467 e. The van der Waals surface area contributed by atoms with Gasteiger partial charge in [0, 0.05) is 0 Å². The number of furan rings is 1. The number of rotatable bonds is 3. The summed E-state index contributed by atoms with van der Waals surface area (Å²) in [5.41, 5.74) is 0.229. The van der Waals surface area contributed by atoms with Gasteiger partial charge in [0.05, 0.1) is 12.9 Å². The van der Waals surface area contributed by atoms with E-state index in [9.17, 15) is 0 Å². The predicted octanol–water partition coefficient (Wildman–Crippen LogP) is 3.48. The summed E-state index contributed by atoms with van der Waals surface area (Å²) in [6.45, 7) is 7.78. The fourth-order valence-corrected chi connectivity index (χ4v) is 0.853. The topological polar surface area (TPSA) is 22.4 Å². The van der Waals surface area contributed by atoms with Crippen LogP contribution in [0.25, 0.3) is 0 Å². The molecule has 0 aliphatic heterocycles. The van der Waals surface area contributed by atoms with Crippen LogP contribution >= 0.6 is 0 Å². The predicted molar refractivity (Wildman–Crippen MR) is 54.6 cm³/mol. The van der Waals surface area contributed by atoms with E-state index in [0.717, 1.165) is 12.4 Å². The van der Waals surface area contributed by atoms with Gasteiger partial charge in [0.25, 0.3) is 0 Å². The van der Waals surface area contributed by atoms with E-state index in [1.54, 1.807) is 6.26 Å². The van der Waals surface area contributed by atoms with Crippen molar-refractivity contribution in [1.82, 2.24) is 0 Å². The molecule has 0 aliphatic carbocycles. The van der Waals surface area contributed by atoms with Gasteiger partial charge < -0.3 is 9.15 Å². The molecule has 1 aromatic heterocycles. The smallest absolute Gasteiger partial charge is 0.129 e. The van der Waals surface area contributed by atoms with Crippen molar-refractivity contribution in [1.29, 1.82) is 0 Å². The fraction of sp³-hybridized carbons (Fsp3) is 0.636. The van der Waals surface area contributed by atoms with Gasteiger partial charge in [-0.05, 0) is 17.5 Å². The third-order valence-corrected chi connectivity index (χ3v) is 1.36. The second-order valence-electron chi connectivity index (χ2n) is 4.13. The zero-order valence-electron chi connectivity index (χ0n) is 7.96. The molecule has 1 rings (SSSR count). The Bertz CT molecular complexity index is 206. The minimum absolute atomic E-state index is 0. The van der Waals surface area contributed by atoms with Crippen LogP contribution in [-0.2, 0) is 11.3 Å². The number of hydrogen-bond acceptors (Lipinski definition) is 2. The average molecular weight is 184 g/mol. The normalized spacial score (nSPS) is 11.0. The molecule has 0 amide bonds. The van der Waals surface area contributed by atoms with Crippen LogP contribution in [-0.4, -0.2) is 6.61 Å². The molecule has 13 heavy (non-hydrogen) atoms. The van der Waals surface area contributed by atoms with E-state index >= 15 is 0 Å². The van der Waals surface area contributed by atoms with Crippen LogP contribution in [0.5, 0.6) is 0 Å². The molecule has 2 heteroatoms. The van der Waals surface area contributed by atoms with E-state index in [4.69, 9.17) is 9.15 Å². The second-order valence-corrected chi connectivity index (χ2v) is 4.13. The van der Waals surface area contributed by atoms with Gasteiger partial charge in [0.2, 0.25) is 0 Å². The van der Waals surface area contributed by atoms with Crippen LogP contribution in [0.3, 0.4) is 0 Å². The van der Waals surface area contributed by atoms with Crippen molar-refractivity contribution in [3.05, 3.63) is 24.2 Å². The van der Waals surface area contributed by atoms with E-state index in [1.807, 2.05) is 12.1 Å². The number of ether oxygens (including phenoxy) is 1. The first-order valence-electron chi connectivity index (χ1n) is 4.18. The lowest BCUT2D eigenvalue weighted by Gasteiger charge is -2.17. The summed E-state index contributed by atoms with van der Waals surface area (Å²) in [5, 5.41) is 0. The molecule has 0 aliphatic rings. The Kier molecular flexibility index (Phi) is 4.78. The first-order valence-corrected chi connectivity index (χ1v) is 4.18. The molecule has 2 nitrogen and oxygen atoms in total. The molecule has 1 heterocycles. The van der Waals surface area contributed by atoms with Crippen LogP contribution < -0.4 is 0 Å². The summed E-state index contributed by atoms with van der Waals surface area (Å²) in [4.78, 5) is 0. The molecule has 0 aromatic carbocycles. The van der Waals surface area contributed by atoms with Gasteiger partial charge in [-0.1, -0.05) is 28.2 Å². The lowest BCUT2D eigenvalue weighted by Crippen LogP contribution is -2.14. The molecule has 0 atom stereocenters. The van der Waals surface area contributed by atoms with Crippen LogP contribution in [0.4, 0.5) is 0 Å². The van der Waals surface area contributed by atoms with Gasteiger partial charge in [-0.15, -0.1) is 0 Å². The summed E-state index contributed by atoms with van der Waals surface area (Å²) in [6.07, 6.45) is 1.66. The molecular formula is C11H20O2. The average Bonchev–Trinajstić information content (AvgIpc) is 2.36. The molecule has 76 valence electrons. The molecule has 0 radical (unpaired) electrons. The summed E-state index contributed by atoms with van der Waals surface area (Å²) in [6, 6.07) is 3.79. The SMILES string of the molecule is C.CC(C)(C)COCc1ccco1. The summed E-state index contributed by atoms with van der Waals surface area (Å²) in [7, 11) is 0. The summed E-state index contributed by atoms with van der Waals surface area (Å²) < 4.78 is 10.6. The van der Waals surface area contributed by atoms with Gasteiger partial charge in [-0.2, -0.15) is 0 Å². The van der Waals surface area contributed by atoms with Crippen molar-refractivity contribution in [2.45, 2.75) is 34.8 Å². The Labute approximate surface area is 80.9 Å². The zero-order chi connectivity index (χ0) is 9.03. The zero-order valence-corrected chi connectivity index (χ0v) is 7.96. The van der Waals surface area contributed by atoms with Crippen molar-refractivity contribution in [2.75, 3.05) is 6.61 Å². The van der Waals surface area contributed by atoms with E-state index in [0.29, 0.717) is 6.61 Å². The Morgan fingerprint density at radius 2 is 2.08 bits per heavy atom. The molecule has 0 bridgehead atoms. The number of hydrogen-bond donors (Lipinski definition) is 0. The maximum Gasteiger partial charge on any atom is 0.129 e. The van der Waals surface area contributed by atoms with Crippen molar-refractivity contribution < 1.29 is 9.15 Å². The summed E-state index contributed by atoms with van der Waals surface area (Å²) >= 11 is 0. The Morgan fingerprint density at radius 3 is 2.54 bits per heavy atom. The first-order chi connectivity index (χ1) is 5.58. The van der Waals surface area contributed by atoms with Crippen LogP contribution in [0.2, 0.25) is 0 Å². The maximum atomic E-state index is 5.45. The van der Waals surface area contributed by atoms with E-state index in [2.05, 4.69) is 20.8 Å². The minimum Gasteiger partial charge on any atom is -0.467 e. The molecule has 0 saturated heterocycles. The Balaban J connectivity index is 0.00000144. The molecular weight excluding hydrogens is 164 g/mol. The first kappa shape index (κ1) is 12.2. The van der Waals surface area contributed by atoms with Crippen molar-refractivity contribution in [3.63, 3.8) is 0 Å². The third kappa shape index (κ3) is 5.47. The monoisotopic (exact) mass is 184 g/mol. The Hall–Kier alpha value is -0.760. The maximum absolute atomic E-state index is 5.45. The van der Waals surface area contributed by atoms with E-state index < -0.39 is 0 Å². The highest BCUT2D eigenvalue weighted by Gasteiger charge is 2.10. The van der Waals surface area contributed by atoms with Crippen LogP contribution in [0, 0.1) is 5.41 Å². The highest BCUT2D eigenvalue weighted by atomic mass is 16.5. The van der Waals surface area contributed by atoms with E-state index in [1.165, 1.54) is 0 Å². The van der Waals surface area contributed by atoms with Crippen molar-refractivity contribution in [2.24, 2.45) is 5.41 Å². The van der Waals surface area contributed by atoms with Crippen LogP contribution in [0.1, 0.15) is 34.0 Å². The van der Waals surface area contributed by atoms with Gasteiger partial charge in [-0.25, -0.2) is 0 Å². The molecule has 0 N–H and O–H groups in total. The molecule has 0 fully saturated rings. The van der Waals surface area contributed by atoms with Gasteiger partial charge in [0.1, 0.15) is 12.4 Å². The lowest BCUT2D eigenvalue weighted by atomic mass is 9.99. The molecule has 0 spiro atoms. The van der Waals surface area contributed by atoms with Crippen molar-refractivity contribution >= 4 is 0 Å². The van der Waals surface area contributed by atoms with Gasteiger partial charge in [0.15, 0.2) is 0 Å². The molecule has 0 saturated carbocycles. The highest BCUT2D eigenvalue weighted by Crippen LogP contribution is 2.14. The van der Waals surface area contributed by atoms with Gasteiger partial charge >= 0.3 is 0 Å². The minimum atomic E-state index is 0. The molecule has 0 unspecified atom stereocenters. The van der Waals surface area contributed by atoms with Gasteiger partial charge in [-0.3, -0.25) is 0 Å². The summed E-state index contributed by atoms with van der Waals surface area (Å²) in [5.74, 6) is 0.888.